The van der Waals surface area contributed by atoms with Gasteiger partial charge in [-0.05, 0) is 69.9 Å². The Morgan fingerprint density at radius 3 is 2.63 bits per heavy atom. The molecule has 0 saturated heterocycles. The number of benzene rings is 2. The number of hydrogen-bond donors (Lipinski definition) is 0. The van der Waals surface area contributed by atoms with E-state index in [9.17, 15) is 4.79 Å². The molecule has 1 heterocycles. The van der Waals surface area contributed by atoms with E-state index in [4.69, 9.17) is 23.2 Å². The van der Waals surface area contributed by atoms with Crippen LogP contribution in [0, 0.1) is 6.92 Å². The van der Waals surface area contributed by atoms with E-state index < -0.39 is 0 Å². The Hall–Kier alpha value is -1.66. The molecule has 0 N–H and O–H groups in total. The predicted molar refractivity (Wildman–Crippen MR) is 116 cm³/mol. The van der Waals surface area contributed by atoms with Gasteiger partial charge in [-0.2, -0.15) is 0 Å². The molecule has 0 atom stereocenters. The lowest BCUT2D eigenvalue weighted by atomic mass is 10.2. The van der Waals surface area contributed by atoms with Crippen LogP contribution in [0.1, 0.15) is 22.3 Å². The Morgan fingerprint density at radius 1 is 1.11 bits per heavy atom. The molecular weight excluding hydrogens is 401 g/mol. The first-order valence-electron chi connectivity index (χ1n) is 8.64. The Bertz CT molecular complexity index is 971. The third-order valence-corrected chi connectivity index (χ3v) is 5.76. The number of amides is 1. The molecule has 7 heteroatoms. The maximum Gasteiger partial charge on any atom is 0.261 e. The number of halogens is 2. The fourth-order valence-corrected chi connectivity index (χ4v) is 4.23. The van der Waals surface area contributed by atoms with Gasteiger partial charge in [0.15, 0.2) is 5.13 Å². The van der Waals surface area contributed by atoms with Gasteiger partial charge in [-0.1, -0.05) is 40.6 Å². The lowest BCUT2D eigenvalue weighted by molar-refractivity contribution is 0.0986. The molecule has 0 radical (unpaired) electrons. The average Bonchev–Trinajstić information content (AvgIpc) is 3.02. The summed E-state index contributed by atoms with van der Waals surface area (Å²) in [6, 6.07) is 11.0. The number of fused-ring (bicyclic) bond motifs is 1. The van der Waals surface area contributed by atoms with E-state index in [0.29, 0.717) is 27.3 Å². The number of carbonyl (C=O) groups is 1. The highest BCUT2D eigenvalue weighted by Crippen LogP contribution is 2.32. The third-order valence-electron chi connectivity index (χ3n) is 4.15. The van der Waals surface area contributed by atoms with Crippen molar-refractivity contribution in [3.8, 4) is 0 Å². The first kappa shape index (κ1) is 20.1. The summed E-state index contributed by atoms with van der Waals surface area (Å²) in [5.74, 6) is -0.183. The molecule has 2 aromatic carbocycles. The van der Waals surface area contributed by atoms with E-state index in [1.54, 1.807) is 23.1 Å². The molecule has 3 aromatic rings. The molecule has 0 aliphatic rings. The lowest BCUT2D eigenvalue weighted by Crippen LogP contribution is -2.33. The number of anilines is 1. The molecule has 142 valence electrons. The molecule has 27 heavy (non-hydrogen) atoms. The molecule has 0 bridgehead atoms. The quantitative estimate of drug-likeness (QED) is 0.526. The minimum Gasteiger partial charge on any atom is -0.309 e. The summed E-state index contributed by atoms with van der Waals surface area (Å²) in [6.45, 7) is 3.47. The molecule has 0 fully saturated rings. The predicted octanol–water partition coefficient (Wildman–Crippen LogP) is 5.51. The summed E-state index contributed by atoms with van der Waals surface area (Å²) in [7, 11) is 4.03. The molecule has 1 aromatic heterocycles. The molecular formula is C20H21Cl2N3OS. The van der Waals surface area contributed by atoms with Crippen LogP contribution in [0.4, 0.5) is 5.13 Å². The van der Waals surface area contributed by atoms with Crippen LogP contribution in [0.15, 0.2) is 36.4 Å². The second-order valence-electron chi connectivity index (χ2n) is 6.71. The molecule has 0 aliphatic heterocycles. The van der Waals surface area contributed by atoms with Crippen LogP contribution in [0.25, 0.3) is 10.2 Å². The highest BCUT2D eigenvalue weighted by atomic mass is 35.5. The van der Waals surface area contributed by atoms with Crippen molar-refractivity contribution >= 4 is 55.8 Å². The first-order valence-corrected chi connectivity index (χ1v) is 10.2. The van der Waals surface area contributed by atoms with Gasteiger partial charge in [0.1, 0.15) is 0 Å². The summed E-state index contributed by atoms with van der Waals surface area (Å²) >= 11 is 13.9. The minimum atomic E-state index is -0.183. The maximum atomic E-state index is 13.3. The zero-order valence-corrected chi connectivity index (χ0v) is 17.8. The number of carbonyl (C=O) groups excluding carboxylic acids is 1. The highest BCUT2D eigenvalue weighted by Gasteiger charge is 2.23. The zero-order valence-electron chi connectivity index (χ0n) is 15.5. The van der Waals surface area contributed by atoms with Crippen LogP contribution in [0.5, 0.6) is 0 Å². The summed E-state index contributed by atoms with van der Waals surface area (Å²) in [4.78, 5) is 21.8. The fraction of sp³-hybridized carbons (Fsp3) is 0.300. The van der Waals surface area contributed by atoms with Crippen molar-refractivity contribution in [2.45, 2.75) is 13.3 Å². The van der Waals surface area contributed by atoms with Gasteiger partial charge in [0, 0.05) is 11.6 Å². The van der Waals surface area contributed by atoms with Crippen molar-refractivity contribution in [3.05, 3.63) is 57.6 Å². The smallest absolute Gasteiger partial charge is 0.261 e. The summed E-state index contributed by atoms with van der Waals surface area (Å²) in [6.07, 6.45) is 0.825. The summed E-state index contributed by atoms with van der Waals surface area (Å²) < 4.78 is 1.06. The highest BCUT2D eigenvalue weighted by molar-refractivity contribution is 7.22. The van der Waals surface area contributed by atoms with Crippen molar-refractivity contribution in [2.24, 2.45) is 0 Å². The van der Waals surface area contributed by atoms with E-state index in [1.165, 1.54) is 16.9 Å². The van der Waals surface area contributed by atoms with Gasteiger partial charge in [-0.15, -0.1) is 0 Å². The van der Waals surface area contributed by atoms with Crippen LogP contribution in [-0.4, -0.2) is 43.0 Å². The normalized spacial score (nSPS) is 11.3. The number of aromatic nitrogens is 1. The molecule has 3 rings (SSSR count). The van der Waals surface area contributed by atoms with Crippen molar-refractivity contribution < 1.29 is 4.79 Å². The van der Waals surface area contributed by atoms with Crippen molar-refractivity contribution in [1.29, 1.82) is 0 Å². The van der Waals surface area contributed by atoms with Crippen molar-refractivity contribution in [1.82, 2.24) is 9.88 Å². The second-order valence-corrected chi connectivity index (χ2v) is 8.56. The van der Waals surface area contributed by atoms with Crippen LogP contribution < -0.4 is 4.90 Å². The molecule has 0 unspecified atom stereocenters. The zero-order chi connectivity index (χ0) is 19.6. The number of thiazole rings is 1. The van der Waals surface area contributed by atoms with E-state index in [0.717, 1.165) is 23.2 Å². The summed E-state index contributed by atoms with van der Waals surface area (Å²) in [5, 5.41) is 1.55. The first-order chi connectivity index (χ1) is 12.8. The third kappa shape index (κ3) is 4.79. The number of rotatable bonds is 6. The Kier molecular flexibility index (Phi) is 6.37. The van der Waals surface area contributed by atoms with Crippen LogP contribution in [0.2, 0.25) is 10.0 Å². The standard InChI is InChI=1S/C20H21Cl2N3OS/c1-13-5-8-17-18(11-13)27-20(23-17)25(10-4-9-24(2)3)19(26)15-12-14(21)6-7-16(15)22/h5-8,11-12H,4,9-10H2,1-3H3. The lowest BCUT2D eigenvalue weighted by Gasteiger charge is -2.21. The number of aryl methyl sites for hydroxylation is 1. The Labute approximate surface area is 173 Å². The number of nitrogens with zero attached hydrogens (tertiary/aromatic N) is 3. The van der Waals surface area contributed by atoms with E-state index in [2.05, 4.69) is 16.0 Å². The molecule has 0 saturated carbocycles. The van der Waals surface area contributed by atoms with Gasteiger partial charge in [0.2, 0.25) is 0 Å². The van der Waals surface area contributed by atoms with Gasteiger partial charge in [-0.25, -0.2) is 4.98 Å². The fourth-order valence-electron chi connectivity index (χ4n) is 2.77. The van der Waals surface area contributed by atoms with Crippen LogP contribution in [-0.2, 0) is 0 Å². The Balaban J connectivity index is 1.98. The number of hydrogen-bond acceptors (Lipinski definition) is 4. The van der Waals surface area contributed by atoms with Crippen LogP contribution in [0.3, 0.4) is 0 Å². The SMILES string of the molecule is Cc1ccc2nc(N(CCCN(C)C)C(=O)c3cc(Cl)ccc3Cl)sc2c1. The molecule has 4 nitrogen and oxygen atoms in total. The van der Waals surface area contributed by atoms with Crippen molar-refractivity contribution in [2.75, 3.05) is 32.1 Å². The monoisotopic (exact) mass is 421 g/mol. The second kappa shape index (κ2) is 8.57. The van der Waals surface area contributed by atoms with Gasteiger partial charge < -0.3 is 4.90 Å². The topological polar surface area (TPSA) is 36.4 Å². The van der Waals surface area contributed by atoms with Crippen molar-refractivity contribution in [3.63, 3.8) is 0 Å². The molecule has 1 amide bonds. The van der Waals surface area contributed by atoms with Gasteiger partial charge in [0.05, 0.1) is 20.8 Å². The van der Waals surface area contributed by atoms with E-state index >= 15 is 0 Å². The van der Waals surface area contributed by atoms with Crippen LogP contribution >= 0.6 is 34.5 Å². The largest absolute Gasteiger partial charge is 0.309 e. The van der Waals surface area contributed by atoms with E-state index in [-0.39, 0.29) is 5.91 Å². The van der Waals surface area contributed by atoms with Gasteiger partial charge in [-0.3, -0.25) is 9.69 Å². The minimum absolute atomic E-state index is 0.183. The van der Waals surface area contributed by atoms with Gasteiger partial charge >= 0.3 is 0 Å². The average molecular weight is 422 g/mol. The summed E-state index contributed by atoms with van der Waals surface area (Å²) in [5.41, 5.74) is 2.45. The van der Waals surface area contributed by atoms with E-state index in [1.807, 2.05) is 33.2 Å². The maximum absolute atomic E-state index is 13.3. The molecule has 0 aliphatic carbocycles. The molecule has 0 spiro atoms. The van der Waals surface area contributed by atoms with Gasteiger partial charge in [0.25, 0.3) is 5.91 Å². The Morgan fingerprint density at radius 2 is 1.89 bits per heavy atom.